The molecule has 0 bridgehead atoms. The summed E-state index contributed by atoms with van der Waals surface area (Å²) >= 11 is 0. The van der Waals surface area contributed by atoms with Crippen LogP contribution < -0.4 is 109 Å². The van der Waals surface area contributed by atoms with Gasteiger partial charge in [0.2, 0.25) is 0 Å². The average molecular weight is 373 g/mol. The molecule has 0 amide bonds. The molecule has 0 aliphatic heterocycles. The van der Waals surface area contributed by atoms with Crippen molar-refractivity contribution in [2.24, 2.45) is 0 Å². The van der Waals surface area contributed by atoms with Crippen LogP contribution in [0.15, 0.2) is 0 Å². The molecule has 0 aliphatic rings. The van der Waals surface area contributed by atoms with Gasteiger partial charge in [0.25, 0.3) is 0 Å². The van der Waals surface area contributed by atoms with Crippen LogP contribution in [0.1, 0.15) is 2.85 Å². The van der Waals surface area contributed by atoms with E-state index in [0.29, 0.717) is 0 Å². The maximum Gasteiger partial charge on any atom is 1.00 e. The van der Waals surface area contributed by atoms with Crippen LogP contribution in [-0.4, -0.2) is 34.3 Å². The molecule has 17 heavy (non-hydrogen) atoms. The number of hydrogen-bond acceptors (Lipinski definition) is 5. The van der Waals surface area contributed by atoms with E-state index in [1.165, 1.54) is 0 Å². The van der Waals surface area contributed by atoms with Gasteiger partial charge in [0.15, 0.2) is 0 Å². The van der Waals surface area contributed by atoms with Crippen molar-refractivity contribution in [3.8, 4) is 0 Å². The van der Waals surface area contributed by atoms with E-state index in [2.05, 4.69) is 4.31 Å². The van der Waals surface area contributed by atoms with Crippen molar-refractivity contribution in [1.29, 1.82) is 0 Å². The zero-order valence-corrected chi connectivity index (χ0v) is 17.7. The summed E-state index contributed by atoms with van der Waals surface area (Å²) in [6.07, 6.45) is 0. The van der Waals surface area contributed by atoms with E-state index in [4.69, 9.17) is 38.8 Å². The van der Waals surface area contributed by atoms with Gasteiger partial charge in [-0.1, -0.05) is 0 Å². The molecule has 0 heterocycles. The minimum Gasteiger partial charge on any atom is -1.00 e. The van der Waals surface area contributed by atoms with Gasteiger partial charge in [-0.2, -0.15) is 4.31 Å². The smallest absolute Gasteiger partial charge is 1.00 e. The number of rotatable bonds is 2. The molecule has 0 atom stereocenters. The molecule has 0 fully saturated rings. The molecular weight excluding hydrogens is 361 g/mol. The fraction of sp³-hybridized carbons (Fsp3) is 0. The van der Waals surface area contributed by atoms with Crippen LogP contribution in [0.3, 0.4) is 0 Å². The maximum atomic E-state index is 9.63. The molecule has 10 N–H and O–H groups in total. The Morgan fingerprint density at radius 1 is 0.706 bits per heavy atom. The quantitative estimate of drug-likeness (QED) is 0.166. The fourth-order valence-corrected chi connectivity index (χ4v) is 1.25. The van der Waals surface area contributed by atoms with Crippen LogP contribution in [-0.2, 0) is 18.0 Å². The summed E-state index contributed by atoms with van der Waals surface area (Å²) in [5.41, 5.74) is 0. The molecule has 0 aromatic rings. The Morgan fingerprint density at radius 3 is 0.824 bits per heavy atom. The van der Waals surface area contributed by atoms with Gasteiger partial charge in [-0.05, 0) is 0 Å². The first-order chi connectivity index (χ1) is 5.71. The summed E-state index contributed by atoms with van der Waals surface area (Å²) in [4.78, 5) is 52.6. The molecule has 0 rings (SSSR count). The van der Waals surface area contributed by atoms with Crippen LogP contribution in [0.5, 0.6) is 0 Å². The van der Waals surface area contributed by atoms with Crippen molar-refractivity contribution < 1.29 is 158 Å². The third-order valence-corrected chi connectivity index (χ3v) is 1.91. The predicted octanol–water partition coefficient (Wildman–Crippen LogP) is -7.35. The molecule has 0 aromatic heterocycles. The van der Waals surface area contributed by atoms with Gasteiger partial charge < -0.3 is 43.3 Å². The van der Waals surface area contributed by atoms with Gasteiger partial charge in [-0.3, -0.25) is 0 Å². The first kappa shape index (κ1) is 32.5. The van der Waals surface area contributed by atoms with E-state index >= 15 is 0 Å². The van der Waals surface area contributed by atoms with Crippen molar-refractivity contribution in [3.63, 3.8) is 0 Å². The third-order valence-electron chi connectivity index (χ3n) is 0.213. The average Bonchev–Trinajstić information content (AvgIpc) is 1.42. The summed E-state index contributed by atoms with van der Waals surface area (Å²) in [6.45, 7) is 0. The zero-order chi connectivity index (χ0) is 12.2. The summed E-state index contributed by atoms with van der Waals surface area (Å²) < 4.78 is 31.1. The summed E-state index contributed by atoms with van der Waals surface area (Å²) in [5, 5.41) is 0. The molecule has 0 aliphatic carbocycles. The van der Waals surface area contributed by atoms with Crippen LogP contribution in [0.25, 0.3) is 0 Å². The van der Waals surface area contributed by atoms with Crippen LogP contribution in [0.4, 0.5) is 0 Å². The normalized spacial score (nSPS) is 10.8. The van der Waals surface area contributed by atoms with Crippen LogP contribution in [0.2, 0.25) is 0 Å². The third kappa shape index (κ3) is 65.9. The zero-order valence-electron chi connectivity index (χ0n) is 10.8. The Morgan fingerprint density at radius 2 is 0.824 bits per heavy atom. The van der Waals surface area contributed by atoms with Gasteiger partial charge in [0.05, 0.1) is 0 Å². The van der Waals surface area contributed by atoms with Crippen molar-refractivity contribution in [3.05, 3.63) is 0 Å². The topological polar surface area (TPSA) is 237 Å². The minimum atomic E-state index is -5.05. The Labute approximate surface area is 184 Å². The van der Waals surface area contributed by atoms with Gasteiger partial charge >= 0.3 is 126 Å². The first-order valence-corrected chi connectivity index (χ1v) is 6.94. The fourth-order valence-electron chi connectivity index (χ4n) is 0.139. The Kier molecular flexibility index (Phi) is 25.4. The largest absolute Gasteiger partial charge is 1.00 e. The molecule has 0 unspecified atom stereocenters. The van der Waals surface area contributed by atoms with Crippen molar-refractivity contribution in [2.45, 2.75) is 0 Å². The van der Waals surface area contributed by atoms with E-state index in [1.807, 2.05) is 0 Å². The molecule has 100 valence electrons. The molecular formula is H12K2NO11P3. The number of hydrogen-bond donors (Lipinski definition) is 8. The molecule has 17 heteroatoms. The standard InChI is InChI=1S/2K.H3N.H4O7P2.H3O4P.2H/c;;;1-8(2,3)7-9(4,5)6;1-5(2,3)4;;/h;;1H3;(H2,1,2,3)(H2,4,5,6);(H3,1,2,3,4);;/q2*+1;;;;2*-1. The Balaban J connectivity index is -0.0000000261. The Bertz CT molecular complexity index is 277. The minimum absolute atomic E-state index is 0. The van der Waals surface area contributed by atoms with Crippen molar-refractivity contribution in [2.75, 3.05) is 0 Å². The molecule has 0 saturated heterocycles. The van der Waals surface area contributed by atoms with Crippen LogP contribution >= 0.6 is 23.5 Å². The molecule has 0 spiro atoms. The van der Waals surface area contributed by atoms with Crippen LogP contribution in [0, 0.1) is 0 Å². The summed E-state index contributed by atoms with van der Waals surface area (Å²) in [5.74, 6) is 0. The van der Waals surface area contributed by atoms with Crippen molar-refractivity contribution in [1.82, 2.24) is 6.15 Å². The number of phosphoric acid groups is 3. The molecule has 0 saturated carbocycles. The van der Waals surface area contributed by atoms with Gasteiger partial charge in [-0.25, -0.2) is 13.7 Å². The van der Waals surface area contributed by atoms with E-state index in [-0.39, 0.29) is 112 Å². The van der Waals surface area contributed by atoms with E-state index < -0.39 is 23.5 Å². The molecule has 0 aromatic carbocycles. The van der Waals surface area contributed by atoms with Gasteiger partial charge in [0.1, 0.15) is 0 Å². The second-order valence-corrected chi connectivity index (χ2v) is 5.22. The van der Waals surface area contributed by atoms with E-state index in [0.717, 1.165) is 0 Å². The molecule has 12 nitrogen and oxygen atoms in total. The Hall–Kier alpha value is 3.60. The SMILES string of the molecule is N.O=P(O)(O)O.O=P(O)(O)OP(=O)(O)O.[H-].[H-].[K+].[K+]. The second-order valence-electron chi connectivity index (χ2n) is 1.58. The molecule has 0 radical (unpaired) electrons. The summed E-state index contributed by atoms with van der Waals surface area (Å²) in [6, 6.07) is 0. The maximum absolute atomic E-state index is 9.63. The second kappa shape index (κ2) is 13.3. The van der Waals surface area contributed by atoms with Gasteiger partial charge in [0, 0.05) is 0 Å². The summed E-state index contributed by atoms with van der Waals surface area (Å²) in [7, 11) is -14.7. The van der Waals surface area contributed by atoms with E-state index in [1.54, 1.807) is 0 Å². The predicted molar refractivity (Wildman–Crippen MR) is 46.7 cm³/mol. The monoisotopic (exact) mass is 373 g/mol. The van der Waals surface area contributed by atoms with Gasteiger partial charge in [-0.15, -0.1) is 0 Å². The first-order valence-electron chi connectivity index (χ1n) is 2.31. The van der Waals surface area contributed by atoms with Crippen molar-refractivity contribution >= 4 is 23.5 Å². The van der Waals surface area contributed by atoms with E-state index in [9.17, 15) is 9.13 Å².